The molecule has 0 heterocycles. The minimum Gasteiger partial charge on any atom is -0.358 e. The number of hydrogen-bond acceptors (Lipinski definition) is 0. The predicted octanol–water partition coefficient (Wildman–Crippen LogP) is 4.15. The lowest BCUT2D eigenvalue weighted by atomic mass is 9.90. The topological polar surface area (TPSA) is 27.6 Å². The van der Waals surface area contributed by atoms with Crippen LogP contribution in [0.5, 0.6) is 0 Å². The van der Waals surface area contributed by atoms with Crippen molar-refractivity contribution in [3.8, 4) is 0 Å². The van der Waals surface area contributed by atoms with Gasteiger partial charge < -0.3 is 5.73 Å². The van der Waals surface area contributed by atoms with Gasteiger partial charge in [-0.05, 0) is 57.1 Å². The van der Waals surface area contributed by atoms with E-state index in [-0.39, 0.29) is 0 Å². The summed E-state index contributed by atoms with van der Waals surface area (Å²) >= 11 is 0. The lowest BCUT2D eigenvalue weighted by Gasteiger charge is -2.13. The second-order valence-electron chi connectivity index (χ2n) is 5.89. The van der Waals surface area contributed by atoms with Crippen LogP contribution in [-0.4, -0.2) is 6.54 Å². The fraction of sp³-hybridized carbons (Fsp3) is 0.200. The Bertz CT molecular complexity index is 892. The van der Waals surface area contributed by atoms with Crippen LogP contribution in [0.2, 0.25) is 0 Å². The van der Waals surface area contributed by atoms with Gasteiger partial charge in [0.25, 0.3) is 0 Å². The van der Waals surface area contributed by atoms with E-state index in [1.54, 1.807) is 0 Å². The molecule has 1 nitrogen and oxygen atoms in total. The van der Waals surface area contributed by atoms with E-state index in [9.17, 15) is 0 Å². The molecule has 0 bridgehead atoms. The van der Waals surface area contributed by atoms with E-state index < -0.39 is 0 Å². The van der Waals surface area contributed by atoms with Gasteiger partial charge in [-0.3, -0.25) is 0 Å². The van der Waals surface area contributed by atoms with Crippen molar-refractivity contribution in [2.45, 2.75) is 19.3 Å². The minimum atomic E-state index is 1.03. The lowest BCUT2D eigenvalue weighted by molar-refractivity contribution is -0.368. The molecule has 0 amide bonds. The second kappa shape index (κ2) is 5.01. The van der Waals surface area contributed by atoms with Gasteiger partial charge >= 0.3 is 0 Å². The summed E-state index contributed by atoms with van der Waals surface area (Å²) in [6.07, 6.45) is 3.60. The lowest BCUT2D eigenvalue weighted by Crippen LogP contribution is -2.50. The van der Waals surface area contributed by atoms with Crippen LogP contribution in [0.15, 0.2) is 54.6 Å². The van der Waals surface area contributed by atoms with Crippen molar-refractivity contribution in [3.05, 3.63) is 60.2 Å². The van der Waals surface area contributed by atoms with E-state index in [1.165, 1.54) is 50.7 Å². The molecule has 0 spiro atoms. The molecule has 104 valence electrons. The highest BCUT2D eigenvalue weighted by Crippen LogP contribution is 2.36. The number of rotatable bonds is 4. The Labute approximate surface area is 124 Å². The first-order valence-electron chi connectivity index (χ1n) is 7.83. The van der Waals surface area contributed by atoms with Crippen LogP contribution in [0.1, 0.15) is 18.4 Å². The van der Waals surface area contributed by atoms with Crippen LogP contribution in [0.3, 0.4) is 0 Å². The van der Waals surface area contributed by atoms with Crippen LogP contribution in [0, 0.1) is 0 Å². The van der Waals surface area contributed by atoms with Crippen molar-refractivity contribution in [2.75, 3.05) is 6.54 Å². The molecule has 4 aromatic rings. The highest BCUT2D eigenvalue weighted by molar-refractivity contribution is 6.23. The van der Waals surface area contributed by atoms with Gasteiger partial charge in [-0.25, -0.2) is 0 Å². The zero-order valence-electron chi connectivity index (χ0n) is 12.2. The van der Waals surface area contributed by atoms with Gasteiger partial charge in [-0.15, -0.1) is 0 Å². The Balaban J connectivity index is 2.01. The van der Waals surface area contributed by atoms with Gasteiger partial charge in [0, 0.05) is 0 Å². The Morgan fingerprint density at radius 3 is 2.10 bits per heavy atom. The molecule has 0 radical (unpaired) electrons. The SMILES string of the molecule is [NH3+]CCCCc1ccc2ccc3cccc4ccc1c2c34. The first-order chi connectivity index (χ1) is 10.4. The monoisotopic (exact) mass is 274 g/mol. The normalized spacial score (nSPS) is 11.9. The number of quaternary nitrogens is 1. The minimum absolute atomic E-state index is 1.03. The van der Waals surface area contributed by atoms with Gasteiger partial charge in [-0.2, -0.15) is 0 Å². The van der Waals surface area contributed by atoms with Gasteiger partial charge in [0.1, 0.15) is 0 Å². The Kier molecular flexibility index (Phi) is 3.01. The predicted molar refractivity (Wildman–Crippen MR) is 90.8 cm³/mol. The molecule has 0 aliphatic carbocycles. The molecule has 4 rings (SSSR count). The fourth-order valence-electron chi connectivity index (χ4n) is 3.51. The maximum atomic E-state index is 3.95. The summed E-state index contributed by atoms with van der Waals surface area (Å²) in [5, 5.41) is 8.35. The molecular formula is C20H20N+. The molecule has 1 heteroatoms. The van der Waals surface area contributed by atoms with E-state index in [4.69, 9.17) is 0 Å². The molecule has 0 aliphatic rings. The van der Waals surface area contributed by atoms with E-state index in [2.05, 4.69) is 60.3 Å². The molecule has 0 saturated carbocycles. The molecule has 0 unspecified atom stereocenters. The number of hydrogen-bond donors (Lipinski definition) is 1. The van der Waals surface area contributed by atoms with Crippen LogP contribution >= 0.6 is 0 Å². The average Bonchev–Trinajstić information content (AvgIpc) is 2.54. The molecule has 0 saturated heterocycles. The van der Waals surface area contributed by atoms with Gasteiger partial charge in [0.05, 0.1) is 6.54 Å². The van der Waals surface area contributed by atoms with Gasteiger partial charge in [-0.1, -0.05) is 54.6 Å². The fourth-order valence-corrected chi connectivity index (χ4v) is 3.51. The van der Waals surface area contributed by atoms with Crippen LogP contribution < -0.4 is 5.73 Å². The highest BCUT2D eigenvalue weighted by Gasteiger charge is 2.10. The van der Waals surface area contributed by atoms with Gasteiger partial charge in [0.2, 0.25) is 0 Å². The first kappa shape index (κ1) is 12.6. The van der Waals surface area contributed by atoms with E-state index in [1.807, 2.05) is 0 Å². The highest BCUT2D eigenvalue weighted by atomic mass is 14.5. The van der Waals surface area contributed by atoms with Crippen molar-refractivity contribution in [3.63, 3.8) is 0 Å². The third-order valence-electron chi connectivity index (χ3n) is 4.57. The molecule has 0 aromatic heterocycles. The Morgan fingerprint density at radius 2 is 1.33 bits per heavy atom. The third kappa shape index (κ3) is 1.97. The number of aryl methyl sites for hydroxylation is 1. The van der Waals surface area contributed by atoms with Crippen molar-refractivity contribution in [1.82, 2.24) is 0 Å². The van der Waals surface area contributed by atoms with Crippen molar-refractivity contribution < 1.29 is 5.73 Å². The first-order valence-corrected chi connectivity index (χ1v) is 7.83. The second-order valence-corrected chi connectivity index (χ2v) is 5.89. The van der Waals surface area contributed by atoms with Crippen molar-refractivity contribution >= 4 is 32.3 Å². The Hall–Kier alpha value is -2.12. The molecular weight excluding hydrogens is 254 g/mol. The summed E-state index contributed by atoms with van der Waals surface area (Å²) in [7, 11) is 0. The van der Waals surface area contributed by atoms with E-state index in [0.717, 1.165) is 13.0 Å². The summed E-state index contributed by atoms with van der Waals surface area (Å²) in [6, 6.07) is 20.3. The summed E-state index contributed by atoms with van der Waals surface area (Å²) in [4.78, 5) is 0. The van der Waals surface area contributed by atoms with Crippen LogP contribution in [0.25, 0.3) is 32.3 Å². The smallest absolute Gasteiger partial charge is 0.0739 e. The van der Waals surface area contributed by atoms with Crippen LogP contribution in [0.4, 0.5) is 0 Å². The Morgan fingerprint density at radius 1 is 0.667 bits per heavy atom. The molecule has 4 aromatic carbocycles. The molecule has 0 fully saturated rings. The number of unbranched alkanes of at least 4 members (excludes halogenated alkanes) is 1. The quantitative estimate of drug-likeness (QED) is 0.428. The standard InChI is InChI=1S/C20H19N/c21-13-2-1-4-14-7-8-17-10-9-15-5-3-6-16-11-12-18(14)20(17)19(15)16/h3,5-12H,1-2,4,13,21H2/p+1. The molecule has 0 atom stereocenters. The van der Waals surface area contributed by atoms with Crippen molar-refractivity contribution in [1.29, 1.82) is 0 Å². The summed E-state index contributed by atoms with van der Waals surface area (Å²) < 4.78 is 0. The van der Waals surface area contributed by atoms with Crippen LogP contribution in [-0.2, 0) is 6.42 Å². The zero-order valence-corrected chi connectivity index (χ0v) is 12.2. The summed E-state index contributed by atoms with van der Waals surface area (Å²) in [5.74, 6) is 0. The molecule has 0 aliphatic heterocycles. The maximum Gasteiger partial charge on any atom is 0.0739 e. The zero-order chi connectivity index (χ0) is 14.2. The van der Waals surface area contributed by atoms with E-state index in [0.29, 0.717) is 0 Å². The van der Waals surface area contributed by atoms with Gasteiger partial charge in [0.15, 0.2) is 0 Å². The van der Waals surface area contributed by atoms with Crippen molar-refractivity contribution in [2.24, 2.45) is 0 Å². The summed E-state index contributed by atoms with van der Waals surface area (Å²) in [6.45, 7) is 1.03. The maximum absolute atomic E-state index is 3.95. The largest absolute Gasteiger partial charge is 0.358 e. The van der Waals surface area contributed by atoms with E-state index >= 15 is 0 Å². The third-order valence-corrected chi connectivity index (χ3v) is 4.57. The molecule has 21 heavy (non-hydrogen) atoms. The average molecular weight is 274 g/mol. The summed E-state index contributed by atoms with van der Waals surface area (Å²) in [5.41, 5.74) is 5.43. The number of benzene rings is 4. The molecule has 3 N–H and O–H groups in total.